The minimum absolute atomic E-state index is 0.188. The van der Waals surface area contributed by atoms with Crippen molar-refractivity contribution < 1.29 is 4.74 Å². The molecule has 0 amide bonds. The Kier molecular flexibility index (Phi) is 3.21. The van der Waals surface area contributed by atoms with Crippen molar-refractivity contribution in [1.29, 1.82) is 0 Å². The van der Waals surface area contributed by atoms with Gasteiger partial charge in [0.1, 0.15) is 11.9 Å². The fourth-order valence-electron chi connectivity index (χ4n) is 2.45. The summed E-state index contributed by atoms with van der Waals surface area (Å²) in [6, 6.07) is 6.74. The van der Waals surface area contributed by atoms with E-state index in [1.807, 2.05) is 0 Å². The maximum atomic E-state index is 6.23. The van der Waals surface area contributed by atoms with Crippen molar-refractivity contribution in [3.63, 3.8) is 0 Å². The van der Waals surface area contributed by atoms with Gasteiger partial charge in [0.15, 0.2) is 0 Å². The second-order valence-electron chi connectivity index (χ2n) is 7.58. The summed E-state index contributed by atoms with van der Waals surface area (Å²) in [6.45, 7) is 13.5. The lowest BCUT2D eigenvalue weighted by atomic mass is 9.82. The Hall–Kier alpha value is -0.980. The topological polar surface area (TPSA) is 9.23 Å². The van der Waals surface area contributed by atoms with Crippen LogP contribution in [0, 0.1) is 5.41 Å². The zero-order chi connectivity index (χ0) is 13.6. The Labute approximate surface area is 112 Å². The van der Waals surface area contributed by atoms with Gasteiger partial charge in [0.25, 0.3) is 0 Å². The van der Waals surface area contributed by atoms with Gasteiger partial charge in [0.05, 0.1) is 0 Å². The Morgan fingerprint density at radius 2 is 1.72 bits per heavy atom. The smallest absolute Gasteiger partial charge is 0.123 e. The summed E-state index contributed by atoms with van der Waals surface area (Å²) in [5.41, 5.74) is 3.13. The van der Waals surface area contributed by atoms with Crippen LogP contribution in [0.1, 0.15) is 59.1 Å². The summed E-state index contributed by atoms with van der Waals surface area (Å²) in [5.74, 6) is 1.11. The molecule has 0 bridgehead atoms. The Balaban J connectivity index is 2.31. The molecule has 0 radical (unpaired) electrons. The normalized spacial score (nSPS) is 20.2. The summed E-state index contributed by atoms with van der Waals surface area (Å²) in [5, 5.41) is 0. The van der Waals surface area contributed by atoms with Crippen LogP contribution in [-0.2, 0) is 11.8 Å². The van der Waals surface area contributed by atoms with E-state index in [1.165, 1.54) is 11.1 Å². The van der Waals surface area contributed by atoms with Gasteiger partial charge < -0.3 is 4.74 Å². The van der Waals surface area contributed by atoms with Crippen LogP contribution in [0.3, 0.4) is 0 Å². The molecule has 0 spiro atoms. The number of rotatable bonds is 0. The molecule has 1 aliphatic heterocycles. The third kappa shape index (κ3) is 2.71. The highest BCUT2D eigenvalue weighted by molar-refractivity contribution is 5.41. The van der Waals surface area contributed by atoms with E-state index in [0.717, 1.165) is 18.6 Å². The van der Waals surface area contributed by atoms with Gasteiger partial charge in [0.2, 0.25) is 0 Å². The lowest BCUT2D eigenvalue weighted by molar-refractivity contribution is 0.0673. The molecule has 0 aromatic heterocycles. The zero-order valence-electron chi connectivity index (χ0n) is 12.6. The maximum absolute atomic E-state index is 6.23. The van der Waals surface area contributed by atoms with Crippen molar-refractivity contribution in [2.75, 3.05) is 0 Å². The highest BCUT2D eigenvalue weighted by Gasteiger charge is 2.30. The van der Waals surface area contributed by atoms with Crippen molar-refractivity contribution in [3.05, 3.63) is 29.3 Å². The average Bonchev–Trinajstić information content (AvgIpc) is 2.25. The third-order valence-electron chi connectivity index (χ3n) is 3.84. The van der Waals surface area contributed by atoms with Crippen LogP contribution in [0.25, 0.3) is 0 Å². The molecule has 1 unspecified atom stereocenters. The number of fused-ring (bicyclic) bond motifs is 1. The van der Waals surface area contributed by atoms with Crippen LogP contribution in [0.5, 0.6) is 5.75 Å². The third-order valence-corrected chi connectivity index (χ3v) is 3.84. The lowest BCUT2D eigenvalue weighted by Gasteiger charge is -2.36. The van der Waals surface area contributed by atoms with Crippen LogP contribution in [0.2, 0.25) is 0 Å². The number of hydrogen-bond donors (Lipinski definition) is 0. The van der Waals surface area contributed by atoms with Crippen molar-refractivity contribution in [1.82, 2.24) is 0 Å². The minimum atomic E-state index is 0.188. The van der Waals surface area contributed by atoms with E-state index in [1.54, 1.807) is 0 Å². The quantitative estimate of drug-likeness (QED) is 0.643. The van der Waals surface area contributed by atoms with Crippen LogP contribution < -0.4 is 4.74 Å². The van der Waals surface area contributed by atoms with Gasteiger partial charge in [-0.2, -0.15) is 0 Å². The van der Waals surface area contributed by atoms with E-state index in [9.17, 15) is 0 Å². The summed E-state index contributed by atoms with van der Waals surface area (Å²) in [4.78, 5) is 0. The van der Waals surface area contributed by atoms with E-state index in [0.29, 0.717) is 6.10 Å². The highest BCUT2D eigenvalue weighted by atomic mass is 16.5. The van der Waals surface area contributed by atoms with E-state index in [4.69, 9.17) is 4.74 Å². The van der Waals surface area contributed by atoms with Crippen LogP contribution in [0.15, 0.2) is 18.2 Å². The second kappa shape index (κ2) is 4.29. The van der Waals surface area contributed by atoms with Gasteiger partial charge in [0, 0.05) is 0 Å². The highest BCUT2D eigenvalue weighted by Crippen LogP contribution is 2.37. The van der Waals surface area contributed by atoms with Crippen molar-refractivity contribution in [2.45, 2.75) is 65.9 Å². The Morgan fingerprint density at radius 3 is 2.28 bits per heavy atom. The molecule has 0 N–H and O–H groups in total. The summed E-state index contributed by atoms with van der Waals surface area (Å²) in [6.07, 6.45) is 2.60. The van der Waals surface area contributed by atoms with E-state index >= 15 is 0 Å². The summed E-state index contributed by atoms with van der Waals surface area (Å²) < 4.78 is 6.23. The first kappa shape index (κ1) is 13.5. The fraction of sp³-hybridized carbons (Fsp3) is 0.647. The lowest BCUT2D eigenvalue weighted by Crippen LogP contribution is -2.35. The van der Waals surface area contributed by atoms with Gasteiger partial charge >= 0.3 is 0 Å². The molecule has 2 rings (SSSR count). The first-order valence-electron chi connectivity index (χ1n) is 6.98. The van der Waals surface area contributed by atoms with Crippen LogP contribution in [-0.4, -0.2) is 6.10 Å². The molecule has 1 nitrogen and oxygen atoms in total. The SMILES string of the molecule is CC(C)(C)c1ccc2c(c1)OC(C(C)(C)C)CC2. The van der Waals surface area contributed by atoms with E-state index in [-0.39, 0.29) is 10.8 Å². The predicted octanol–water partition coefficient (Wildman–Crippen LogP) is 4.72. The molecule has 1 aromatic carbocycles. The molecule has 0 saturated heterocycles. The maximum Gasteiger partial charge on any atom is 0.123 e. The number of aryl methyl sites for hydroxylation is 1. The summed E-state index contributed by atoms with van der Waals surface area (Å²) in [7, 11) is 0. The molecule has 1 heterocycles. The molecule has 0 aliphatic carbocycles. The van der Waals surface area contributed by atoms with Crippen molar-refractivity contribution in [3.8, 4) is 5.75 Å². The van der Waals surface area contributed by atoms with Gasteiger partial charge in [-0.3, -0.25) is 0 Å². The van der Waals surface area contributed by atoms with Crippen LogP contribution >= 0.6 is 0 Å². The van der Waals surface area contributed by atoms with Gasteiger partial charge in [-0.05, 0) is 40.9 Å². The predicted molar refractivity (Wildman–Crippen MR) is 77.3 cm³/mol. The molecule has 1 heteroatoms. The Bertz CT molecular complexity index is 432. The van der Waals surface area contributed by atoms with Gasteiger partial charge in [-0.25, -0.2) is 0 Å². The number of hydrogen-bond acceptors (Lipinski definition) is 1. The molecule has 1 atom stereocenters. The standard InChI is InChI=1S/C17H26O/c1-16(2,3)13-9-7-12-8-10-15(17(4,5)6)18-14(12)11-13/h7,9,11,15H,8,10H2,1-6H3. The van der Waals surface area contributed by atoms with E-state index < -0.39 is 0 Å². The molecule has 0 saturated carbocycles. The second-order valence-corrected chi connectivity index (χ2v) is 7.58. The Morgan fingerprint density at radius 1 is 1.06 bits per heavy atom. The molecular formula is C17H26O. The average molecular weight is 246 g/mol. The first-order valence-corrected chi connectivity index (χ1v) is 6.98. The zero-order valence-corrected chi connectivity index (χ0v) is 12.6. The molecule has 100 valence electrons. The van der Waals surface area contributed by atoms with E-state index in [2.05, 4.69) is 59.7 Å². The largest absolute Gasteiger partial charge is 0.490 e. The molecule has 0 fully saturated rings. The fourth-order valence-corrected chi connectivity index (χ4v) is 2.45. The van der Waals surface area contributed by atoms with Crippen molar-refractivity contribution in [2.24, 2.45) is 5.41 Å². The van der Waals surface area contributed by atoms with Crippen LogP contribution in [0.4, 0.5) is 0 Å². The number of ether oxygens (including phenoxy) is 1. The number of benzene rings is 1. The molecular weight excluding hydrogens is 220 g/mol. The molecule has 18 heavy (non-hydrogen) atoms. The minimum Gasteiger partial charge on any atom is -0.490 e. The van der Waals surface area contributed by atoms with Gasteiger partial charge in [-0.1, -0.05) is 53.7 Å². The first-order chi connectivity index (χ1) is 8.18. The molecule has 1 aliphatic rings. The molecule has 1 aromatic rings. The van der Waals surface area contributed by atoms with Gasteiger partial charge in [-0.15, -0.1) is 0 Å². The summed E-state index contributed by atoms with van der Waals surface area (Å²) >= 11 is 0. The monoisotopic (exact) mass is 246 g/mol. The van der Waals surface area contributed by atoms with Crippen molar-refractivity contribution >= 4 is 0 Å².